The number of nitriles is 1. The van der Waals surface area contributed by atoms with Gasteiger partial charge in [0.1, 0.15) is 11.1 Å². The molecule has 0 aliphatic rings. The maximum atomic E-state index is 12.2. The molecule has 0 aliphatic heterocycles. The van der Waals surface area contributed by atoms with E-state index in [0.717, 1.165) is 0 Å². The Labute approximate surface area is 118 Å². The zero-order valence-electron chi connectivity index (χ0n) is 12.7. The van der Waals surface area contributed by atoms with Crippen molar-refractivity contribution in [1.82, 2.24) is 15.1 Å². The van der Waals surface area contributed by atoms with Crippen molar-refractivity contribution in [3.8, 4) is 6.07 Å². The number of H-pyrrole nitrogens is 1. The van der Waals surface area contributed by atoms with Crippen LogP contribution in [0.1, 0.15) is 57.8 Å². The zero-order valence-corrected chi connectivity index (χ0v) is 12.7. The Morgan fingerprint density at radius 3 is 2.30 bits per heavy atom. The van der Waals surface area contributed by atoms with Gasteiger partial charge < -0.3 is 5.32 Å². The molecule has 20 heavy (non-hydrogen) atoms. The van der Waals surface area contributed by atoms with Gasteiger partial charge in [-0.05, 0) is 33.6 Å². The third-order valence-corrected chi connectivity index (χ3v) is 3.47. The standard InChI is InChI=1S/C14H22N4O2/c1-6-14(7-2,9-15)16-11(19)10-8-18(13(3,4)5)17-12(10)20/h8H,6-7H2,1-5H3,(H,16,19)(H,17,20). The summed E-state index contributed by atoms with van der Waals surface area (Å²) < 4.78 is 1.59. The molecule has 0 aromatic carbocycles. The molecule has 110 valence electrons. The third-order valence-electron chi connectivity index (χ3n) is 3.47. The number of aromatic nitrogens is 2. The van der Waals surface area contributed by atoms with Gasteiger partial charge in [-0.15, -0.1) is 0 Å². The first kappa shape index (κ1) is 16.0. The SMILES string of the molecule is CCC(C#N)(CC)NC(=O)c1cn(C(C)(C)C)[nH]c1=O. The lowest BCUT2D eigenvalue weighted by Crippen LogP contribution is -2.47. The summed E-state index contributed by atoms with van der Waals surface area (Å²) >= 11 is 0. The predicted octanol–water partition coefficient (Wildman–Crippen LogP) is 1.74. The Hall–Kier alpha value is -2.03. The Morgan fingerprint density at radius 1 is 1.40 bits per heavy atom. The largest absolute Gasteiger partial charge is 0.333 e. The van der Waals surface area contributed by atoms with E-state index in [1.807, 2.05) is 34.6 Å². The number of carbonyl (C=O) groups is 1. The monoisotopic (exact) mass is 278 g/mol. The van der Waals surface area contributed by atoms with E-state index in [9.17, 15) is 14.9 Å². The van der Waals surface area contributed by atoms with E-state index in [1.165, 1.54) is 6.20 Å². The van der Waals surface area contributed by atoms with E-state index >= 15 is 0 Å². The fraction of sp³-hybridized carbons (Fsp3) is 0.643. The molecule has 6 nitrogen and oxygen atoms in total. The number of nitrogens with zero attached hydrogens (tertiary/aromatic N) is 2. The van der Waals surface area contributed by atoms with E-state index in [2.05, 4.69) is 16.5 Å². The molecule has 0 atom stereocenters. The highest BCUT2D eigenvalue weighted by atomic mass is 16.2. The van der Waals surface area contributed by atoms with Crippen LogP contribution in [0, 0.1) is 11.3 Å². The average Bonchev–Trinajstić information content (AvgIpc) is 2.78. The summed E-state index contributed by atoms with van der Waals surface area (Å²) in [6.07, 6.45) is 2.47. The van der Waals surface area contributed by atoms with Gasteiger partial charge in [-0.2, -0.15) is 5.26 Å². The van der Waals surface area contributed by atoms with Crippen molar-refractivity contribution >= 4 is 5.91 Å². The minimum atomic E-state index is -0.923. The smallest absolute Gasteiger partial charge is 0.276 e. The fourth-order valence-corrected chi connectivity index (χ4v) is 1.81. The molecule has 1 rings (SSSR count). The molecule has 1 aromatic heterocycles. The number of hydrogen-bond donors (Lipinski definition) is 2. The summed E-state index contributed by atoms with van der Waals surface area (Å²) in [7, 11) is 0. The number of aromatic amines is 1. The second kappa shape index (κ2) is 5.53. The van der Waals surface area contributed by atoms with E-state index in [4.69, 9.17) is 0 Å². The van der Waals surface area contributed by atoms with Crippen molar-refractivity contribution in [3.63, 3.8) is 0 Å². The molecule has 1 aromatic rings. The molecule has 0 radical (unpaired) electrons. The summed E-state index contributed by atoms with van der Waals surface area (Å²) in [4.78, 5) is 24.1. The molecule has 1 heterocycles. The molecule has 2 N–H and O–H groups in total. The molecule has 6 heteroatoms. The van der Waals surface area contributed by atoms with Crippen molar-refractivity contribution in [2.24, 2.45) is 0 Å². The Bertz CT molecular complexity index is 580. The minimum Gasteiger partial charge on any atom is -0.333 e. The predicted molar refractivity (Wildman–Crippen MR) is 76.4 cm³/mol. The molecule has 0 aliphatic carbocycles. The number of nitrogens with one attached hydrogen (secondary N) is 2. The Morgan fingerprint density at radius 2 is 1.95 bits per heavy atom. The van der Waals surface area contributed by atoms with Crippen LogP contribution in [0.5, 0.6) is 0 Å². The van der Waals surface area contributed by atoms with Crippen LogP contribution in [-0.2, 0) is 5.54 Å². The first-order valence-electron chi connectivity index (χ1n) is 6.75. The third kappa shape index (κ3) is 3.10. The number of rotatable bonds is 4. The van der Waals surface area contributed by atoms with Crippen LogP contribution in [0.25, 0.3) is 0 Å². The van der Waals surface area contributed by atoms with Gasteiger partial charge in [0.15, 0.2) is 0 Å². The van der Waals surface area contributed by atoms with Gasteiger partial charge in [-0.1, -0.05) is 13.8 Å². The van der Waals surface area contributed by atoms with Gasteiger partial charge in [0.2, 0.25) is 0 Å². The Kier molecular flexibility index (Phi) is 4.43. The maximum absolute atomic E-state index is 12.2. The van der Waals surface area contributed by atoms with Crippen LogP contribution in [0.4, 0.5) is 0 Å². The van der Waals surface area contributed by atoms with Crippen molar-refractivity contribution in [1.29, 1.82) is 5.26 Å². The van der Waals surface area contributed by atoms with Gasteiger partial charge in [0, 0.05) is 6.20 Å². The molecule has 0 fully saturated rings. The van der Waals surface area contributed by atoms with Crippen molar-refractivity contribution in [2.45, 2.75) is 58.5 Å². The highest BCUT2D eigenvalue weighted by Crippen LogP contribution is 2.15. The first-order chi connectivity index (χ1) is 9.19. The molecule has 0 bridgehead atoms. The molecular weight excluding hydrogens is 256 g/mol. The summed E-state index contributed by atoms with van der Waals surface area (Å²) in [5.41, 5.74) is -1.66. The van der Waals surface area contributed by atoms with Gasteiger partial charge in [-0.25, -0.2) is 0 Å². The van der Waals surface area contributed by atoms with Crippen LogP contribution in [0.2, 0.25) is 0 Å². The maximum Gasteiger partial charge on any atom is 0.276 e. The summed E-state index contributed by atoms with van der Waals surface area (Å²) in [5, 5.41) is 14.5. The molecular formula is C14H22N4O2. The van der Waals surface area contributed by atoms with Crippen molar-refractivity contribution in [3.05, 3.63) is 22.1 Å². The second-order valence-electron chi connectivity index (χ2n) is 5.88. The average molecular weight is 278 g/mol. The first-order valence-corrected chi connectivity index (χ1v) is 6.75. The van der Waals surface area contributed by atoms with Crippen LogP contribution in [-0.4, -0.2) is 21.2 Å². The minimum absolute atomic E-state index is 0.0291. The van der Waals surface area contributed by atoms with E-state index in [-0.39, 0.29) is 11.1 Å². The number of hydrogen-bond acceptors (Lipinski definition) is 3. The van der Waals surface area contributed by atoms with Gasteiger partial charge in [0.05, 0.1) is 11.6 Å². The Balaban J connectivity index is 3.09. The van der Waals surface area contributed by atoms with E-state index in [1.54, 1.807) is 4.68 Å². The zero-order chi connectivity index (χ0) is 15.6. The summed E-state index contributed by atoms with van der Waals surface area (Å²) in [5.74, 6) is -0.514. The van der Waals surface area contributed by atoms with Crippen LogP contribution >= 0.6 is 0 Å². The normalized spacial score (nSPS) is 12.0. The van der Waals surface area contributed by atoms with Gasteiger partial charge in [0.25, 0.3) is 11.5 Å². The van der Waals surface area contributed by atoms with Crippen molar-refractivity contribution < 1.29 is 4.79 Å². The lowest BCUT2D eigenvalue weighted by atomic mass is 9.94. The fourth-order valence-electron chi connectivity index (χ4n) is 1.81. The molecule has 0 saturated heterocycles. The van der Waals surface area contributed by atoms with Gasteiger partial charge in [-0.3, -0.25) is 19.4 Å². The molecule has 0 unspecified atom stereocenters. The highest BCUT2D eigenvalue weighted by Gasteiger charge is 2.30. The molecule has 0 saturated carbocycles. The van der Waals surface area contributed by atoms with E-state index < -0.39 is 17.0 Å². The number of carbonyl (C=O) groups excluding carboxylic acids is 1. The lowest BCUT2D eigenvalue weighted by molar-refractivity contribution is 0.0914. The highest BCUT2D eigenvalue weighted by molar-refractivity contribution is 5.94. The van der Waals surface area contributed by atoms with Crippen LogP contribution in [0.3, 0.4) is 0 Å². The van der Waals surface area contributed by atoms with Crippen LogP contribution in [0.15, 0.2) is 11.0 Å². The van der Waals surface area contributed by atoms with Crippen LogP contribution < -0.4 is 10.9 Å². The second-order valence-corrected chi connectivity index (χ2v) is 5.88. The topological polar surface area (TPSA) is 90.7 Å². The molecule has 0 spiro atoms. The van der Waals surface area contributed by atoms with Gasteiger partial charge >= 0.3 is 0 Å². The van der Waals surface area contributed by atoms with E-state index in [0.29, 0.717) is 12.8 Å². The number of amides is 1. The lowest BCUT2D eigenvalue weighted by Gasteiger charge is -2.24. The molecule has 1 amide bonds. The quantitative estimate of drug-likeness (QED) is 0.879. The summed E-state index contributed by atoms with van der Waals surface area (Å²) in [6.45, 7) is 9.42. The summed E-state index contributed by atoms with van der Waals surface area (Å²) in [6, 6.07) is 2.12. The van der Waals surface area contributed by atoms with Crippen molar-refractivity contribution in [2.75, 3.05) is 0 Å².